The third-order valence-corrected chi connectivity index (χ3v) is 2.11. The predicted molar refractivity (Wildman–Crippen MR) is 44.3 cm³/mol. The van der Waals surface area contributed by atoms with Crippen LogP contribution in [0.15, 0.2) is 30.3 Å². The van der Waals surface area contributed by atoms with Crippen LogP contribution in [0.2, 0.25) is 0 Å². The van der Waals surface area contributed by atoms with E-state index in [1.54, 1.807) is 0 Å². The van der Waals surface area contributed by atoms with Crippen LogP contribution >= 0.6 is 0 Å². The SMILES string of the molecule is CC[C@H]1OC1c1ccccc1. The van der Waals surface area contributed by atoms with Gasteiger partial charge in [-0.3, -0.25) is 0 Å². The number of hydrogen-bond acceptors (Lipinski definition) is 1. The third-order valence-electron chi connectivity index (χ3n) is 2.11. The molecule has 1 aromatic rings. The highest BCUT2D eigenvalue weighted by Crippen LogP contribution is 2.40. The normalized spacial score (nSPS) is 28.5. The number of benzene rings is 1. The Morgan fingerprint density at radius 3 is 2.55 bits per heavy atom. The molecule has 1 nitrogen and oxygen atoms in total. The summed E-state index contributed by atoms with van der Waals surface area (Å²) in [4.78, 5) is 0. The fourth-order valence-corrected chi connectivity index (χ4v) is 1.39. The van der Waals surface area contributed by atoms with Gasteiger partial charge in [0, 0.05) is 0 Å². The summed E-state index contributed by atoms with van der Waals surface area (Å²) >= 11 is 0. The molecule has 0 saturated carbocycles. The second kappa shape index (κ2) is 2.67. The van der Waals surface area contributed by atoms with E-state index in [9.17, 15) is 0 Å². The van der Waals surface area contributed by atoms with Gasteiger partial charge in [0.2, 0.25) is 0 Å². The van der Waals surface area contributed by atoms with Crippen LogP contribution in [-0.4, -0.2) is 6.10 Å². The van der Waals surface area contributed by atoms with E-state index in [4.69, 9.17) is 4.74 Å². The number of ether oxygens (including phenoxy) is 1. The maximum absolute atomic E-state index is 5.45. The quantitative estimate of drug-likeness (QED) is 0.587. The summed E-state index contributed by atoms with van der Waals surface area (Å²) < 4.78 is 5.45. The van der Waals surface area contributed by atoms with Gasteiger partial charge in [-0.2, -0.15) is 0 Å². The molecule has 2 atom stereocenters. The van der Waals surface area contributed by atoms with Crippen molar-refractivity contribution in [3.63, 3.8) is 0 Å². The van der Waals surface area contributed by atoms with Crippen molar-refractivity contribution in [3.8, 4) is 0 Å². The minimum absolute atomic E-state index is 0.390. The van der Waals surface area contributed by atoms with Crippen LogP contribution in [0.5, 0.6) is 0 Å². The van der Waals surface area contributed by atoms with Crippen molar-refractivity contribution >= 4 is 0 Å². The summed E-state index contributed by atoms with van der Waals surface area (Å²) in [6, 6.07) is 10.4. The average Bonchev–Trinajstić information content (AvgIpc) is 2.85. The molecule has 1 heteroatoms. The van der Waals surface area contributed by atoms with Crippen LogP contribution in [0.4, 0.5) is 0 Å². The highest BCUT2D eigenvalue weighted by molar-refractivity contribution is 5.21. The molecule has 0 radical (unpaired) electrons. The Hall–Kier alpha value is -0.820. The molecule has 1 saturated heterocycles. The van der Waals surface area contributed by atoms with Gasteiger partial charge in [-0.05, 0) is 12.0 Å². The summed E-state index contributed by atoms with van der Waals surface area (Å²) in [5.41, 5.74) is 1.32. The van der Waals surface area contributed by atoms with Crippen LogP contribution in [0.1, 0.15) is 25.0 Å². The molecule has 2 rings (SSSR count). The Labute approximate surface area is 67.0 Å². The van der Waals surface area contributed by atoms with Crippen molar-refractivity contribution in [3.05, 3.63) is 35.9 Å². The van der Waals surface area contributed by atoms with Gasteiger partial charge >= 0.3 is 0 Å². The van der Waals surface area contributed by atoms with E-state index in [0.29, 0.717) is 12.2 Å². The standard InChI is InChI=1S/C10H12O/c1-2-9-10(11-9)8-6-4-3-5-7-8/h3-7,9-10H,2H2,1H3/t9-,10?/m1/s1. The van der Waals surface area contributed by atoms with Crippen molar-refractivity contribution in [2.45, 2.75) is 25.6 Å². The molecule has 58 valence electrons. The van der Waals surface area contributed by atoms with Crippen molar-refractivity contribution in [2.24, 2.45) is 0 Å². The van der Waals surface area contributed by atoms with Crippen LogP contribution in [0.25, 0.3) is 0 Å². The van der Waals surface area contributed by atoms with Gasteiger partial charge in [0.15, 0.2) is 0 Å². The van der Waals surface area contributed by atoms with E-state index in [0.717, 1.165) is 6.42 Å². The van der Waals surface area contributed by atoms with Crippen LogP contribution in [0, 0.1) is 0 Å². The predicted octanol–water partition coefficient (Wildman–Crippen LogP) is 2.54. The van der Waals surface area contributed by atoms with E-state index in [-0.39, 0.29) is 0 Å². The Morgan fingerprint density at radius 1 is 1.27 bits per heavy atom. The lowest BCUT2D eigenvalue weighted by atomic mass is 10.1. The highest BCUT2D eigenvalue weighted by Gasteiger charge is 2.37. The fraction of sp³-hybridized carbons (Fsp3) is 0.400. The molecule has 1 heterocycles. The minimum Gasteiger partial charge on any atom is -0.365 e. The molecule has 1 aliphatic rings. The largest absolute Gasteiger partial charge is 0.365 e. The first-order chi connectivity index (χ1) is 5.42. The first kappa shape index (κ1) is 6.86. The lowest BCUT2D eigenvalue weighted by molar-refractivity contribution is 0.370. The zero-order valence-electron chi connectivity index (χ0n) is 6.66. The zero-order valence-corrected chi connectivity index (χ0v) is 6.66. The van der Waals surface area contributed by atoms with E-state index in [2.05, 4.69) is 31.2 Å². The van der Waals surface area contributed by atoms with Crippen molar-refractivity contribution in [1.82, 2.24) is 0 Å². The second-order valence-electron chi connectivity index (χ2n) is 2.91. The van der Waals surface area contributed by atoms with Gasteiger partial charge < -0.3 is 4.74 Å². The first-order valence-electron chi connectivity index (χ1n) is 4.12. The molecule has 1 aliphatic heterocycles. The number of hydrogen-bond donors (Lipinski definition) is 0. The van der Waals surface area contributed by atoms with Gasteiger partial charge in [0.25, 0.3) is 0 Å². The molecular formula is C10H12O. The van der Waals surface area contributed by atoms with Crippen molar-refractivity contribution < 1.29 is 4.74 Å². The first-order valence-corrected chi connectivity index (χ1v) is 4.12. The van der Waals surface area contributed by atoms with Gasteiger partial charge in [-0.15, -0.1) is 0 Å². The van der Waals surface area contributed by atoms with Gasteiger partial charge in [-0.1, -0.05) is 37.3 Å². The molecule has 1 aromatic carbocycles. The third kappa shape index (κ3) is 1.29. The Bertz CT molecular complexity index is 230. The molecule has 0 amide bonds. The maximum atomic E-state index is 5.45. The van der Waals surface area contributed by atoms with Crippen LogP contribution in [0.3, 0.4) is 0 Å². The zero-order chi connectivity index (χ0) is 7.68. The van der Waals surface area contributed by atoms with E-state index in [1.165, 1.54) is 5.56 Å². The van der Waals surface area contributed by atoms with Crippen LogP contribution < -0.4 is 0 Å². The molecule has 1 unspecified atom stereocenters. The molecular weight excluding hydrogens is 136 g/mol. The van der Waals surface area contributed by atoms with Crippen molar-refractivity contribution in [1.29, 1.82) is 0 Å². The van der Waals surface area contributed by atoms with Crippen LogP contribution in [-0.2, 0) is 4.74 Å². The molecule has 0 aliphatic carbocycles. The fourth-order valence-electron chi connectivity index (χ4n) is 1.39. The molecule has 11 heavy (non-hydrogen) atoms. The Balaban J connectivity index is 2.09. The van der Waals surface area contributed by atoms with Gasteiger partial charge in [0.1, 0.15) is 6.10 Å². The second-order valence-corrected chi connectivity index (χ2v) is 2.91. The summed E-state index contributed by atoms with van der Waals surface area (Å²) in [7, 11) is 0. The van der Waals surface area contributed by atoms with E-state index in [1.807, 2.05) is 6.07 Å². The van der Waals surface area contributed by atoms with E-state index < -0.39 is 0 Å². The Morgan fingerprint density at radius 2 is 2.00 bits per heavy atom. The highest BCUT2D eigenvalue weighted by atomic mass is 16.6. The lowest BCUT2D eigenvalue weighted by Crippen LogP contribution is -1.84. The molecule has 0 aromatic heterocycles. The lowest BCUT2D eigenvalue weighted by Gasteiger charge is -1.91. The average molecular weight is 148 g/mol. The smallest absolute Gasteiger partial charge is 0.109 e. The number of epoxide rings is 1. The summed E-state index contributed by atoms with van der Waals surface area (Å²) in [5, 5.41) is 0. The summed E-state index contributed by atoms with van der Waals surface area (Å²) in [5.74, 6) is 0. The van der Waals surface area contributed by atoms with Gasteiger partial charge in [0.05, 0.1) is 6.10 Å². The molecule has 0 bridgehead atoms. The minimum atomic E-state index is 0.390. The topological polar surface area (TPSA) is 12.5 Å². The molecule has 0 N–H and O–H groups in total. The monoisotopic (exact) mass is 148 g/mol. The molecule has 0 spiro atoms. The maximum Gasteiger partial charge on any atom is 0.109 e. The Kier molecular flexibility index (Phi) is 1.66. The van der Waals surface area contributed by atoms with E-state index >= 15 is 0 Å². The molecule has 1 fully saturated rings. The van der Waals surface area contributed by atoms with Gasteiger partial charge in [-0.25, -0.2) is 0 Å². The van der Waals surface area contributed by atoms with Crippen molar-refractivity contribution in [2.75, 3.05) is 0 Å². The number of rotatable bonds is 2. The summed E-state index contributed by atoms with van der Waals surface area (Å²) in [6.07, 6.45) is 2.00. The summed E-state index contributed by atoms with van der Waals surface area (Å²) in [6.45, 7) is 2.16.